The molecule has 0 bridgehead atoms. The van der Waals surface area contributed by atoms with E-state index in [1.807, 2.05) is 30.3 Å². The van der Waals surface area contributed by atoms with E-state index in [0.717, 1.165) is 39.9 Å². The first-order chi connectivity index (χ1) is 11.8. The van der Waals surface area contributed by atoms with Gasteiger partial charge in [0.15, 0.2) is 5.13 Å². The van der Waals surface area contributed by atoms with Crippen molar-refractivity contribution in [3.05, 3.63) is 42.4 Å². The molecule has 1 aliphatic rings. The molecule has 1 amide bonds. The molecule has 0 aliphatic carbocycles. The van der Waals surface area contributed by atoms with E-state index >= 15 is 0 Å². The van der Waals surface area contributed by atoms with Gasteiger partial charge in [-0.15, -0.1) is 0 Å². The van der Waals surface area contributed by atoms with Gasteiger partial charge < -0.3 is 14.6 Å². The Hall–Kier alpha value is -2.34. The van der Waals surface area contributed by atoms with E-state index in [0.29, 0.717) is 12.8 Å². The number of hydrogen-bond acceptors (Lipinski definition) is 5. The number of aryl methyl sites for hydroxylation is 1. The molecule has 1 aromatic carbocycles. The van der Waals surface area contributed by atoms with E-state index in [2.05, 4.69) is 10.2 Å². The molecule has 1 fully saturated rings. The minimum absolute atomic E-state index is 0.00460. The van der Waals surface area contributed by atoms with Gasteiger partial charge in [0.2, 0.25) is 5.91 Å². The topological polar surface area (TPSA) is 58.4 Å². The maximum atomic E-state index is 12.1. The van der Waals surface area contributed by atoms with Crippen LogP contribution in [0.15, 0.2) is 41.0 Å². The predicted octanol–water partition coefficient (Wildman–Crippen LogP) is 4.06. The molecule has 0 saturated carbocycles. The van der Waals surface area contributed by atoms with E-state index in [1.165, 1.54) is 12.8 Å². The fourth-order valence-electron chi connectivity index (χ4n) is 2.95. The van der Waals surface area contributed by atoms with Crippen molar-refractivity contribution in [2.45, 2.75) is 25.7 Å². The van der Waals surface area contributed by atoms with Crippen molar-refractivity contribution in [3.63, 3.8) is 0 Å². The van der Waals surface area contributed by atoms with Crippen LogP contribution in [-0.4, -0.2) is 24.0 Å². The van der Waals surface area contributed by atoms with Crippen LogP contribution in [0.5, 0.6) is 0 Å². The van der Waals surface area contributed by atoms with Gasteiger partial charge in [0.05, 0.1) is 16.5 Å². The number of benzene rings is 1. The highest BCUT2D eigenvalue weighted by Crippen LogP contribution is 2.32. The zero-order valence-electron chi connectivity index (χ0n) is 13.3. The van der Waals surface area contributed by atoms with Gasteiger partial charge >= 0.3 is 0 Å². The largest absolute Gasteiger partial charge is 0.469 e. The van der Waals surface area contributed by atoms with E-state index in [-0.39, 0.29) is 5.91 Å². The van der Waals surface area contributed by atoms with Crippen LogP contribution in [-0.2, 0) is 11.2 Å². The van der Waals surface area contributed by atoms with Crippen LogP contribution in [0, 0.1) is 0 Å². The van der Waals surface area contributed by atoms with E-state index in [1.54, 1.807) is 17.6 Å². The van der Waals surface area contributed by atoms with Crippen LogP contribution in [0.2, 0.25) is 0 Å². The summed E-state index contributed by atoms with van der Waals surface area (Å²) in [6.45, 7) is 2.19. The molecule has 0 unspecified atom stereocenters. The summed E-state index contributed by atoms with van der Waals surface area (Å²) in [7, 11) is 0. The summed E-state index contributed by atoms with van der Waals surface area (Å²) >= 11 is 1.70. The maximum Gasteiger partial charge on any atom is 0.224 e. The van der Waals surface area contributed by atoms with Crippen molar-refractivity contribution < 1.29 is 9.21 Å². The Morgan fingerprint density at radius 3 is 2.96 bits per heavy atom. The van der Waals surface area contributed by atoms with Crippen molar-refractivity contribution in [3.8, 4) is 0 Å². The first-order valence-corrected chi connectivity index (χ1v) is 9.07. The Labute approximate surface area is 144 Å². The summed E-state index contributed by atoms with van der Waals surface area (Å²) < 4.78 is 6.36. The molecule has 4 rings (SSSR count). The van der Waals surface area contributed by atoms with Gasteiger partial charge in [-0.1, -0.05) is 11.3 Å². The molecule has 0 spiro atoms. The van der Waals surface area contributed by atoms with Crippen molar-refractivity contribution in [1.29, 1.82) is 0 Å². The number of thiazole rings is 1. The summed E-state index contributed by atoms with van der Waals surface area (Å²) in [6.07, 6.45) is 5.14. The number of rotatable bonds is 5. The molecular formula is C18H19N3O2S. The second-order valence-electron chi connectivity index (χ2n) is 6.00. The summed E-state index contributed by atoms with van der Waals surface area (Å²) in [6, 6.07) is 9.63. The van der Waals surface area contributed by atoms with Crippen molar-refractivity contribution in [1.82, 2.24) is 4.98 Å². The Morgan fingerprint density at radius 1 is 1.29 bits per heavy atom. The molecular weight excluding hydrogens is 322 g/mol. The lowest BCUT2D eigenvalue weighted by Crippen LogP contribution is -2.16. The highest BCUT2D eigenvalue weighted by Gasteiger charge is 2.16. The van der Waals surface area contributed by atoms with Crippen LogP contribution in [0.4, 0.5) is 10.8 Å². The number of fused-ring (bicyclic) bond motifs is 1. The average molecular weight is 341 g/mol. The third-order valence-electron chi connectivity index (χ3n) is 4.22. The summed E-state index contributed by atoms with van der Waals surface area (Å²) in [5, 5.41) is 4.05. The number of aromatic nitrogens is 1. The van der Waals surface area contributed by atoms with Crippen molar-refractivity contribution in [2.75, 3.05) is 23.3 Å². The molecule has 124 valence electrons. The Bertz CT molecular complexity index is 835. The van der Waals surface area contributed by atoms with Gasteiger partial charge in [0, 0.05) is 31.6 Å². The highest BCUT2D eigenvalue weighted by atomic mass is 32.1. The average Bonchev–Trinajstić information content (AvgIpc) is 3.32. The number of nitrogens with one attached hydrogen (secondary N) is 1. The molecule has 6 heteroatoms. The summed E-state index contributed by atoms with van der Waals surface area (Å²) in [5.41, 5.74) is 1.82. The number of amides is 1. The van der Waals surface area contributed by atoms with E-state index in [4.69, 9.17) is 9.40 Å². The highest BCUT2D eigenvalue weighted by molar-refractivity contribution is 7.22. The molecule has 24 heavy (non-hydrogen) atoms. The first kappa shape index (κ1) is 15.2. The van der Waals surface area contributed by atoms with Crippen molar-refractivity contribution >= 4 is 38.3 Å². The molecule has 3 aromatic rings. The van der Waals surface area contributed by atoms with Gasteiger partial charge in [-0.25, -0.2) is 4.98 Å². The standard InChI is InChI=1S/C18H19N3O2S/c22-17(8-6-14-4-3-11-23-14)19-13-5-7-15-16(12-13)24-18(20-15)21-9-1-2-10-21/h3-5,7,11-12H,1-2,6,8-10H2,(H,19,22). The monoisotopic (exact) mass is 341 g/mol. The second kappa shape index (κ2) is 6.65. The predicted molar refractivity (Wildman–Crippen MR) is 96.7 cm³/mol. The number of furan rings is 1. The zero-order valence-corrected chi connectivity index (χ0v) is 14.1. The molecule has 0 atom stereocenters. The third-order valence-corrected chi connectivity index (χ3v) is 5.30. The van der Waals surface area contributed by atoms with Gasteiger partial charge in [-0.2, -0.15) is 0 Å². The first-order valence-electron chi connectivity index (χ1n) is 8.26. The molecule has 2 aromatic heterocycles. The number of hydrogen-bond donors (Lipinski definition) is 1. The Kier molecular flexibility index (Phi) is 4.21. The maximum absolute atomic E-state index is 12.1. The lowest BCUT2D eigenvalue weighted by Gasteiger charge is -2.11. The lowest BCUT2D eigenvalue weighted by molar-refractivity contribution is -0.116. The van der Waals surface area contributed by atoms with Gasteiger partial charge in [0.25, 0.3) is 0 Å². The summed E-state index contributed by atoms with van der Waals surface area (Å²) in [5.74, 6) is 0.827. The molecule has 3 heterocycles. The Morgan fingerprint density at radius 2 is 2.17 bits per heavy atom. The van der Waals surface area contributed by atoms with Gasteiger partial charge in [-0.3, -0.25) is 4.79 Å². The fraction of sp³-hybridized carbons (Fsp3) is 0.333. The van der Waals surface area contributed by atoms with Crippen molar-refractivity contribution in [2.24, 2.45) is 0 Å². The van der Waals surface area contributed by atoms with Crippen LogP contribution in [0.3, 0.4) is 0 Å². The van der Waals surface area contributed by atoms with Crippen LogP contribution < -0.4 is 10.2 Å². The summed E-state index contributed by atoms with van der Waals surface area (Å²) in [4.78, 5) is 19.1. The second-order valence-corrected chi connectivity index (χ2v) is 7.01. The van der Waals surface area contributed by atoms with Gasteiger partial charge in [-0.05, 0) is 43.2 Å². The SMILES string of the molecule is O=C(CCc1ccco1)Nc1ccc2nc(N3CCCC3)sc2c1. The Balaban J connectivity index is 1.43. The van der Waals surface area contributed by atoms with Gasteiger partial charge in [0.1, 0.15) is 5.76 Å². The number of nitrogens with zero attached hydrogens (tertiary/aromatic N) is 2. The normalized spacial score (nSPS) is 14.4. The van der Waals surface area contributed by atoms with Crippen LogP contribution in [0.1, 0.15) is 25.0 Å². The molecule has 5 nitrogen and oxygen atoms in total. The molecule has 1 saturated heterocycles. The molecule has 1 N–H and O–H groups in total. The third kappa shape index (κ3) is 3.28. The van der Waals surface area contributed by atoms with Crippen LogP contribution >= 0.6 is 11.3 Å². The molecule has 0 radical (unpaired) electrons. The minimum Gasteiger partial charge on any atom is -0.469 e. The van der Waals surface area contributed by atoms with Crippen LogP contribution in [0.25, 0.3) is 10.2 Å². The number of carbonyl (C=O) groups excluding carboxylic acids is 1. The number of anilines is 2. The van der Waals surface area contributed by atoms with E-state index < -0.39 is 0 Å². The smallest absolute Gasteiger partial charge is 0.224 e. The molecule has 1 aliphatic heterocycles. The minimum atomic E-state index is -0.00460. The quantitative estimate of drug-likeness (QED) is 0.760. The fourth-order valence-corrected chi connectivity index (χ4v) is 4.01. The lowest BCUT2D eigenvalue weighted by atomic mass is 10.2. The van der Waals surface area contributed by atoms with E-state index in [9.17, 15) is 4.79 Å². The zero-order chi connectivity index (χ0) is 16.4. The number of carbonyl (C=O) groups is 1.